The average molecular weight is 552 g/mol. The van der Waals surface area contributed by atoms with Crippen molar-refractivity contribution in [2.45, 2.75) is 44.0 Å². The van der Waals surface area contributed by atoms with Gasteiger partial charge in [-0.25, -0.2) is 8.42 Å². The van der Waals surface area contributed by atoms with E-state index in [2.05, 4.69) is 5.32 Å². The van der Waals surface area contributed by atoms with Gasteiger partial charge in [0.1, 0.15) is 18.3 Å². The van der Waals surface area contributed by atoms with Crippen LogP contribution in [0.2, 0.25) is 0 Å². The molecule has 0 saturated carbocycles. The van der Waals surface area contributed by atoms with Crippen LogP contribution in [0.25, 0.3) is 0 Å². The van der Waals surface area contributed by atoms with Crippen molar-refractivity contribution in [2.75, 3.05) is 31.0 Å². The molecule has 0 fully saturated rings. The minimum Gasteiger partial charge on any atom is -0.497 e. The zero-order valence-electron chi connectivity index (χ0n) is 22.7. The van der Waals surface area contributed by atoms with Gasteiger partial charge in [0.05, 0.1) is 17.7 Å². The molecule has 1 unspecified atom stereocenters. The number of hydrogen-bond donors (Lipinski definition) is 1. The first-order valence-corrected chi connectivity index (χ1v) is 14.6. The molecule has 0 aliphatic carbocycles. The van der Waals surface area contributed by atoms with Gasteiger partial charge in [0.25, 0.3) is 10.0 Å². The molecular weight excluding hydrogens is 514 g/mol. The Kier molecular flexibility index (Phi) is 10.9. The first-order valence-electron chi connectivity index (χ1n) is 13.1. The maximum Gasteiger partial charge on any atom is 0.264 e. The summed E-state index contributed by atoms with van der Waals surface area (Å²) in [5.74, 6) is -0.178. The minimum atomic E-state index is -4.11. The van der Waals surface area contributed by atoms with Crippen molar-refractivity contribution in [3.8, 4) is 5.75 Å². The number of sulfonamides is 1. The van der Waals surface area contributed by atoms with Gasteiger partial charge in [-0.15, -0.1) is 0 Å². The molecule has 8 nitrogen and oxygen atoms in total. The molecule has 3 rings (SSSR count). The molecule has 3 aromatic rings. The molecule has 0 saturated heterocycles. The van der Waals surface area contributed by atoms with Crippen molar-refractivity contribution >= 4 is 27.5 Å². The summed E-state index contributed by atoms with van der Waals surface area (Å²) < 4.78 is 33.9. The molecule has 3 aromatic carbocycles. The van der Waals surface area contributed by atoms with E-state index in [0.717, 1.165) is 16.3 Å². The Labute approximate surface area is 231 Å². The first-order chi connectivity index (χ1) is 18.8. The minimum absolute atomic E-state index is 0.0310. The van der Waals surface area contributed by atoms with Gasteiger partial charge < -0.3 is 15.0 Å². The SMILES string of the molecule is CCCNC(=O)C(CC)N(CCc1ccccc1)C(=O)CN(c1ccccc1)S(=O)(=O)c1ccc(OC)cc1. The number of amides is 2. The monoisotopic (exact) mass is 551 g/mol. The number of hydrogen-bond acceptors (Lipinski definition) is 5. The van der Waals surface area contributed by atoms with E-state index in [9.17, 15) is 18.0 Å². The third kappa shape index (κ3) is 7.83. The largest absolute Gasteiger partial charge is 0.497 e. The van der Waals surface area contributed by atoms with E-state index in [4.69, 9.17) is 4.74 Å². The van der Waals surface area contributed by atoms with E-state index in [-0.39, 0.29) is 17.3 Å². The highest BCUT2D eigenvalue weighted by molar-refractivity contribution is 7.92. The van der Waals surface area contributed by atoms with Crippen molar-refractivity contribution in [1.29, 1.82) is 0 Å². The predicted octanol–water partition coefficient (Wildman–Crippen LogP) is 4.27. The Balaban J connectivity index is 1.97. The zero-order valence-corrected chi connectivity index (χ0v) is 23.6. The maximum absolute atomic E-state index is 13.9. The molecular formula is C30H37N3O5S. The van der Waals surface area contributed by atoms with Gasteiger partial charge in [0.15, 0.2) is 0 Å². The molecule has 9 heteroatoms. The lowest BCUT2D eigenvalue weighted by Crippen LogP contribution is -2.53. The van der Waals surface area contributed by atoms with E-state index in [1.807, 2.05) is 44.2 Å². The number of carbonyl (C=O) groups is 2. The third-order valence-electron chi connectivity index (χ3n) is 6.39. The molecule has 1 N–H and O–H groups in total. The number of anilines is 1. The summed E-state index contributed by atoms with van der Waals surface area (Å²) in [7, 11) is -2.61. The second kappa shape index (κ2) is 14.3. The summed E-state index contributed by atoms with van der Waals surface area (Å²) in [4.78, 5) is 28.5. The van der Waals surface area contributed by atoms with Crippen LogP contribution in [0.4, 0.5) is 5.69 Å². The number of ether oxygens (including phenoxy) is 1. The van der Waals surface area contributed by atoms with Gasteiger partial charge in [-0.3, -0.25) is 13.9 Å². The van der Waals surface area contributed by atoms with Crippen molar-refractivity contribution in [2.24, 2.45) is 0 Å². The number of nitrogens with one attached hydrogen (secondary N) is 1. The van der Waals surface area contributed by atoms with Crippen LogP contribution in [-0.2, 0) is 26.0 Å². The van der Waals surface area contributed by atoms with Crippen LogP contribution in [-0.4, -0.2) is 57.9 Å². The average Bonchev–Trinajstić information content (AvgIpc) is 2.97. The second-order valence-corrected chi connectivity index (χ2v) is 10.9. The van der Waals surface area contributed by atoms with Crippen molar-refractivity contribution in [1.82, 2.24) is 10.2 Å². The van der Waals surface area contributed by atoms with E-state index >= 15 is 0 Å². The summed E-state index contributed by atoms with van der Waals surface area (Å²) in [6, 6.07) is 23.5. The lowest BCUT2D eigenvalue weighted by atomic mass is 10.1. The second-order valence-electron chi connectivity index (χ2n) is 9.06. The Hall–Kier alpha value is -3.85. The van der Waals surface area contributed by atoms with Gasteiger partial charge in [-0.05, 0) is 61.2 Å². The van der Waals surface area contributed by atoms with Crippen LogP contribution in [0.5, 0.6) is 5.75 Å². The number of methoxy groups -OCH3 is 1. The number of carbonyl (C=O) groups excluding carboxylic acids is 2. The van der Waals surface area contributed by atoms with Crippen LogP contribution in [0.1, 0.15) is 32.3 Å². The lowest BCUT2D eigenvalue weighted by Gasteiger charge is -2.33. The van der Waals surface area contributed by atoms with Gasteiger partial charge in [0, 0.05) is 13.1 Å². The van der Waals surface area contributed by atoms with Crippen LogP contribution >= 0.6 is 0 Å². The van der Waals surface area contributed by atoms with E-state index < -0.39 is 28.5 Å². The predicted molar refractivity (Wildman–Crippen MR) is 153 cm³/mol. The fraction of sp³-hybridized carbons (Fsp3) is 0.333. The van der Waals surface area contributed by atoms with Crippen LogP contribution in [0, 0.1) is 0 Å². The van der Waals surface area contributed by atoms with Gasteiger partial charge in [0.2, 0.25) is 11.8 Å². The zero-order chi connectivity index (χ0) is 28.3. The first kappa shape index (κ1) is 29.7. The molecule has 2 amide bonds. The maximum atomic E-state index is 13.9. The van der Waals surface area contributed by atoms with Gasteiger partial charge >= 0.3 is 0 Å². The Morgan fingerprint density at radius 3 is 2.08 bits per heavy atom. The fourth-order valence-corrected chi connectivity index (χ4v) is 5.67. The lowest BCUT2D eigenvalue weighted by molar-refractivity contribution is -0.139. The summed E-state index contributed by atoms with van der Waals surface area (Å²) in [5.41, 5.74) is 1.37. The fourth-order valence-electron chi connectivity index (χ4n) is 4.26. The quantitative estimate of drug-likeness (QED) is 0.323. The molecule has 0 aromatic heterocycles. The highest BCUT2D eigenvalue weighted by Crippen LogP contribution is 2.25. The molecule has 0 aliphatic heterocycles. The Morgan fingerprint density at radius 1 is 0.897 bits per heavy atom. The van der Waals surface area contributed by atoms with E-state index in [0.29, 0.717) is 30.8 Å². The third-order valence-corrected chi connectivity index (χ3v) is 8.18. The number of para-hydroxylation sites is 1. The highest BCUT2D eigenvalue weighted by Gasteiger charge is 2.33. The van der Waals surface area contributed by atoms with E-state index in [1.54, 1.807) is 42.5 Å². The molecule has 0 aliphatic rings. The molecule has 0 bridgehead atoms. The highest BCUT2D eigenvalue weighted by atomic mass is 32.2. The Bertz CT molecular complexity index is 1300. The van der Waals surface area contributed by atoms with Crippen LogP contribution in [0.15, 0.2) is 89.8 Å². The molecule has 0 radical (unpaired) electrons. The summed E-state index contributed by atoms with van der Waals surface area (Å²) in [6.07, 6.45) is 1.69. The van der Waals surface area contributed by atoms with Crippen LogP contribution < -0.4 is 14.4 Å². The standard InChI is InChI=1S/C30H37N3O5S/c1-4-21-31-30(35)28(5-2)32(22-20-24-12-8-6-9-13-24)29(34)23-33(25-14-10-7-11-15-25)39(36,37)27-18-16-26(38-3)17-19-27/h6-19,28H,4-5,20-23H2,1-3H3,(H,31,35). The summed E-state index contributed by atoms with van der Waals surface area (Å²) in [5, 5.41) is 2.89. The molecule has 0 spiro atoms. The number of nitrogens with zero attached hydrogens (tertiary/aromatic N) is 2. The number of rotatable bonds is 14. The smallest absolute Gasteiger partial charge is 0.264 e. The Morgan fingerprint density at radius 2 is 1.51 bits per heavy atom. The molecule has 208 valence electrons. The molecule has 39 heavy (non-hydrogen) atoms. The van der Waals surface area contributed by atoms with Crippen LogP contribution in [0.3, 0.4) is 0 Å². The molecule has 1 atom stereocenters. The van der Waals surface area contributed by atoms with E-state index in [1.165, 1.54) is 24.1 Å². The van der Waals surface area contributed by atoms with Gasteiger partial charge in [-0.1, -0.05) is 62.4 Å². The van der Waals surface area contributed by atoms with Gasteiger partial charge in [-0.2, -0.15) is 0 Å². The summed E-state index contributed by atoms with van der Waals surface area (Å²) >= 11 is 0. The summed E-state index contributed by atoms with van der Waals surface area (Å²) in [6.45, 7) is 4.12. The van der Waals surface area contributed by atoms with Crippen molar-refractivity contribution in [3.05, 3.63) is 90.5 Å². The topological polar surface area (TPSA) is 96.0 Å². The van der Waals surface area contributed by atoms with Crippen molar-refractivity contribution < 1.29 is 22.7 Å². The molecule has 0 heterocycles. The number of benzene rings is 3. The van der Waals surface area contributed by atoms with Crippen molar-refractivity contribution in [3.63, 3.8) is 0 Å². The normalized spacial score (nSPS) is 11.9.